The van der Waals surface area contributed by atoms with Crippen LogP contribution in [0.1, 0.15) is 32.3 Å². The fourth-order valence-corrected chi connectivity index (χ4v) is 2.29. The number of benzene rings is 1. The monoisotopic (exact) mass is 510 g/mol. The maximum absolute atomic E-state index is 11.6. The van der Waals surface area contributed by atoms with E-state index in [4.69, 9.17) is 0 Å². The maximum atomic E-state index is 11.6. The van der Waals surface area contributed by atoms with Gasteiger partial charge < -0.3 is 15.5 Å². The number of rotatable bonds is 8. The minimum Gasteiger partial charge on any atom is -0.357 e. The number of halogens is 2. The quantitative estimate of drug-likeness (QED) is 0.320. The summed E-state index contributed by atoms with van der Waals surface area (Å²) in [5.41, 5.74) is 1.21. The van der Waals surface area contributed by atoms with Crippen LogP contribution in [0.5, 0.6) is 0 Å². The smallest absolute Gasteiger partial charge is 0.221 e. The number of carbonyl (C=O) groups excluding carboxylic acids is 1. The van der Waals surface area contributed by atoms with Gasteiger partial charge in [-0.15, -0.1) is 24.0 Å². The molecule has 0 bridgehead atoms. The third-order valence-corrected chi connectivity index (χ3v) is 3.73. The number of nitrogens with one attached hydrogen (secondary N) is 2. The lowest BCUT2D eigenvalue weighted by Crippen LogP contribution is -2.38. The summed E-state index contributed by atoms with van der Waals surface area (Å²) in [7, 11) is 2.00. The first kappa shape index (κ1) is 23.2. The molecular weight excluding hydrogens is 483 g/mol. The molecule has 1 aromatic carbocycles. The summed E-state index contributed by atoms with van der Waals surface area (Å²) in [4.78, 5) is 18.2. The number of amides is 1. The van der Waals surface area contributed by atoms with Crippen LogP contribution in [-0.4, -0.2) is 43.4 Å². The van der Waals surface area contributed by atoms with Crippen molar-refractivity contribution in [1.82, 2.24) is 15.5 Å². The third-order valence-electron chi connectivity index (χ3n) is 3.20. The summed E-state index contributed by atoms with van der Waals surface area (Å²) >= 11 is 3.44. The Morgan fingerprint density at radius 1 is 1.21 bits per heavy atom. The zero-order valence-corrected chi connectivity index (χ0v) is 18.6. The molecule has 1 aromatic rings. The van der Waals surface area contributed by atoms with Crippen molar-refractivity contribution in [3.63, 3.8) is 0 Å². The first-order valence-corrected chi connectivity index (χ1v) is 8.86. The van der Waals surface area contributed by atoms with E-state index in [1.165, 1.54) is 5.56 Å². The molecule has 5 nitrogen and oxygen atoms in total. The minimum absolute atomic E-state index is 0. The fourth-order valence-electron chi connectivity index (χ4n) is 2.02. The van der Waals surface area contributed by atoms with Crippen molar-refractivity contribution in [3.8, 4) is 0 Å². The molecule has 0 unspecified atom stereocenters. The number of aliphatic imine (C=N–C) groups is 1. The van der Waals surface area contributed by atoms with Crippen molar-refractivity contribution < 1.29 is 4.79 Å². The van der Waals surface area contributed by atoms with Gasteiger partial charge in [0.25, 0.3) is 0 Å². The lowest BCUT2D eigenvalue weighted by molar-refractivity contribution is -0.120. The molecule has 0 fully saturated rings. The Labute approximate surface area is 170 Å². The van der Waals surface area contributed by atoms with E-state index in [1.807, 2.05) is 33.0 Å². The SMILES string of the molecule is CCCNC(=O)CCN=C(NCC)N(C)Cc1ccc(Br)cc1.I. The van der Waals surface area contributed by atoms with E-state index < -0.39 is 0 Å². The van der Waals surface area contributed by atoms with Crippen molar-refractivity contribution in [1.29, 1.82) is 0 Å². The Balaban J connectivity index is 0.00000529. The lowest BCUT2D eigenvalue weighted by atomic mass is 10.2. The molecule has 0 heterocycles. The van der Waals surface area contributed by atoms with Crippen LogP contribution in [0.3, 0.4) is 0 Å². The molecular formula is C17H28BrIN4O. The Kier molecular flexibility index (Phi) is 13.0. The van der Waals surface area contributed by atoms with E-state index in [2.05, 4.69) is 48.6 Å². The third kappa shape index (κ3) is 9.46. The molecule has 1 amide bonds. The van der Waals surface area contributed by atoms with Crippen LogP contribution in [0.4, 0.5) is 0 Å². The molecule has 24 heavy (non-hydrogen) atoms. The van der Waals surface area contributed by atoms with Gasteiger partial charge in [-0.3, -0.25) is 9.79 Å². The first-order chi connectivity index (χ1) is 11.1. The second-order valence-corrected chi connectivity index (χ2v) is 6.23. The van der Waals surface area contributed by atoms with Crippen molar-refractivity contribution in [2.45, 2.75) is 33.2 Å². The fraction of sp³-hybridized carbons (Fsp3) is 0.529. The van der Waals surface area contributed by atoms with Gasteiger partial charge >= 0.3 is 0 Å². The highest BCUT2D eigenvalue weighted by Crippen LogP contribution is 2.11. The van der Waals surface area contributed by atoms with Gasteiger partial charge in [-0.05, 0) is 31.0 Å². The van der Waals surface area contributed by atoms with Gasteiger partial charge in [-0.2, -0.15) is 0 Å². The lowest BCUT2D eigenvalue weighted by Gasteiger charge is -2.22. The largest absolute Gasteiger partial charge is 0.357 e. The van der Waals surface area contributed by atoms with E-state index in [9.17, 15) is 4.79 Å². The van der Waals surface area contributed by atoms with Crippen molar-refractivity contribution in [2.75, 3.05) is 26.7 Å². The van der Waals surface area contributed by atoms with Crippen molar-refractivity contribution in [3.05, 3.63) is 34.3 Å². The molecule has 0 radical (unpaired) electrons. The van der Waals surface area contributed by atoms with Gasteiger partial charge in [-0.25, -0.2) is 0 Å². The molecule has 0 saturated carbocycles. The van der Waals surface area contributed by atoms with E-state index >= 15 is 0 Å². The van der Waals surface area contributed by atoms with Crippen LogP contribution in [0, 0.1) is 0 Å². The summed E-state index contributed by atoms with van der Waals surface area (Å²) in [5, 5.41) is 6.13. The summed E-state index contributed by atoms with van der Waals surface area (Å²) in [5.74, 6) is 0.876. The molecule has 0 atom stereocenters. The van der Waals surface area contributed by atoms with Gasteiger partial charge in [-0.1, -0.05) is 35.0 Å². The topological polar surface area (TPSA) is 56.7 Å². The summed E-state index contributed by atoms with van der Waals surface area (Å²) in [6.45, 7) is 6.86. The molecule has 0 spiro atoms. The van der Waals surface area contributed by atoms with Crippen LogP contribution in [0.2, 0.25) is 0 Å². The van der Waals surface area contributed by atoms with Crippen LogP contribution < -0.4 is 10.6 Å². The Morgan fingerprint density at radius 2 is 1.88 bits per heavy atom. The standard InChI is InChI=1S/C17H27BrN4O.HI/c1-4-11-20-16(23)10-12-21-17(19-5-2)22(3)13-14-6-8-15(18)9-7-14;/h6-9H,4-5,10-13H2,1-3H3,(H,19,21)(H,20,23);1H. The summed E-state index contributed by atoms with van der Waals surface area (Å²) in [6, 6.07) is 8.24. The molecule has 0 aromatic heterocycles. The normalized spacial score (nSPS) is 10.8. The Hall–Kier alpha value is -0.830. The highest BCUT2D eigenvalue weighted by Gasteiger charge is 2.07. The summed E-state index contributed by atoms with van der Waals surface area (Å²) in [6.07, 6.45) is 1.37. The highest BCUT2D eigenvalue weighted by molar-refractivity contribution is 14.0. The number of hydrogen-bond acceptors (Lipinski definition) is 2. The average molecular weight is 511 g/mol. The van der Waals surface area contributed by atoms with Crippen LogP contribution >= 0.6 is 39.9 Å². The molecule has 0 aliphatic heterocycles. The minimum atomic E-state index is 0. The van der Waals surface area contributed by atoms with E-state index in [0.717, 1.165) is 36.5 Å². The second kappa shape index (κ2) is 13.5. The molecule has 2 N–H and O–H groups in total. The van der Waals surface area contributed by atoms with E-state index in [0.29, 0.717) is 13.0 Å². The molecule has 0 aliphatic rings. The van der Waals surface area contributed by atoms with Crippen molar-refractivity contribution >= 4 is 51.8 Å². The molecule has 0 saturated heterocycles. The highest BCUT2D eigenvalue weighted by atomic mass is 127. The number of guanidine groups is 1. The van der Waals surface area contributed by atoms with E-state index in [-0.39, 0.29) is 29.9 Å². The average Bonchev–Trinajstić information content (AvgIpc) is 2.54. The van der Waals surface area contributed by atoms with Gasteiger partial charge in [0.2, 0.25) is 5.91 Å². The predicted octanol–water partition coefficient (Wildman–Crippen LogP) is 3.38. The van der Waals surface area contributed by atoms with Gasteiger partial charge in [0, 0.05) is 37.6 Å². The second-order valence-electron chi connectivity index (χ2n) is 5.32. The van der Waals surface area contributed by atoms with Gasteiger partial charge in [0.05, 0.1) is 6.54 Å². The zero-order chi connectivity index (χ0) is 17.1. The zero-order valence-electron chi connectivity index (χ0n) is 14.6. The molecule has 136 valence electrons. The summed E-state index contributed by atoms with van der Waals surface area (Å²) < 4.78 is 1.07. The van der Waals surface area contributed by atoms with Crippen LogP contribution in [-0.2, 0) is 11.3 Å². The Bertz CT molecular complexity index is 508. The maximum Gasteiger partial charge on any atom is 0.221 e. The molecule has 1 rings (SSSR count). The Morgan fingerprint density at radius 3 is 2.46 bits per heavy atom. The van der Waals surface area contributed by atoms with E-state index in [1.54, 1.807) is 0 Å². The first-order valence-electron chi connectivity index (χ1n) is 8.07. The van der Waals surface area contributed by atoms with Crippen LogP contribution in [0.25, 0.3) is 0 Å². The predicted molar refractivity (Wildman–Crippen MR) is 115 cm³/mol. The number of hydrogen-bond donors (Lipinski definition) is 2. The number of carbonyl (C=O) groups is 1. The van der Waals surface area contributed by atoms with Crippen molar-refractivity contribution in [2.24, 2.45) is 4.99 Å². The number of nitrogens with zero attached hydrogens (tertiary/aromatic N) is 2. The molecule has 0 aliphatic carbocycles. The van der Waals surface area contributed by atoms with Crippen LogP contribution in [0.15, 0.2) is 33.7 Å². The molecule has 7 heteroatoms. The van der Waals surface area contributed by atoms with Gasteiger partial charge in [0.1, 0.15) is 0 Å². The van der Waals surface area contributed by atoms with Gasteiger partial charge in [0.15, 0.2) is 5.96 Å².